The maximum Gasteiger partial charge on any atom is 0.341 e. The Labute approximate surface area is 162 Å². The zero-order valence-electron chi connectivity index (χ0n) is 13.9. The van der Waals surface area contributed by atoms with E-state index in [1.807, 2.05) is 0 Å². The van der Waals surface area contributed by atoms with Gasteiger partial charge < -0.3 is 19.7 Å². The number of carbonyl (C=O) groups is 4. The summed E-state index contributed by atoms with van der Waals surface area (Å²) in [5.41, 5.74) is 0.395. The molecule has 1 aromatic rings. The van der Waals surface area contributed by atoms with Crippen LogP contribution in [0.3, 0.4) is 0 Å². The lowest BCUT2D eigenvalue weighted by molar-refractivity contribution is -0.140. The van der Waals surface area contributed by atoms with Crippen molar-refractivity contribution < 1.29 is 38.9 Å². The Kier molecular flexibility index (Phi) is 6.70. The number of amides is 2. The first-order valence-corrected chi connectivity index (χ1v) is 8.70. The van der Waals surface area contributed by atoms with E-state index < -0.39 is 36.2 Å². The average molecular weight is 416 g/mol. The molecule has 1 saturated heterocycles. The third kappa shape index (κ3) is 5.14. The highest BCUT2D eigenvalue weighted by atomic mass is 35.5. The van der Waals surface area contributed by atoms with Crippen LogP contribution in [0, 0.1) is 0 Å². The van der Waals surface area contributed by atoms with Gasteiger partial charge in [-0.2, -0.15) is 0 Å². The lowest BCUT2D eigenvalue weighted by Gasteiger charge is -2.13. The number of ether oxygens (including phenoxy) is 2. The van der Waals surface area contributed by atoms with Crippen LogP contribution in [0.4, 0.5) is 4.79 Å². The third-order valence-corrected chi connectivity index (χ3v) is 4.32. The van der Waals surface area contributed by atoms with Gasteiger partial charge in [0.15, 0.2) is 18.1 Å². The fraction of sp³-hybridized carbons (Fsp3) is 0.250. The highest BCUT2D eigenvalue weighted by Gasteiger charge is 2.36. The first-order chi connectivity index (χ1) is 12.7. The van der Waals surface area contributed by atoms with Crippen molar-refractivity contribution in [2.45, 2.75) is 6.92 Å². The summed E-state index contributed by atoms with van der Waals surface area (Å²) >= 11 is 6.73. The van der Waals surface area contributed by atoms with Crippen LogP contribution in [0.1, 0.15) is 12.5 Å². The Balaban J connectivity index is 2.34. The zero-order chi connectivity index (χ0) is 20.1. The molecule has 11 heteroatoms. The van der Waals surface area contributed by atoms with Gasteiger partial charge in [0.2, 0.25) is 0 Å². The first kappa shape index (κ1) is 20.6. The van der Waals surface area contributed by atoms with E-state index in [1.165, 1.54) is 18.2 Å². The van der Waals surface area contributed by atoms with Gasteiger partial charge in [-0.05, 0) is 42.5 Å². The standard InChI is InChI=1S/C16H14ClNO8S/c1-2-25-10-4-8(3-9(17)14(10)26-7-13(21)22)5-11-15(23)18(6-12(19)20)16(24)27-11/h3-5H,2,6-7H2,1H3,(H,19,20)(H,21,22)/b11-5+. The molecule has 0 aliphatic carbocycles. The Morgan fingerprint density at radius 3 is 2.52 bits per heavy atom. The zero-order valence-corrected chi connectivity index (χ0v) is 15.5. The predicted molar refractivity (Wildman–Crippen MR) is 96.1 cm³/mol. The van der Waals surface area contributed by atoms with Crippen LogP contribution in [0.25, 0.3) is 6.08 Å². The van der Waals surface area contributed by atoms with E-state index >= 15 is 0 Å². The summed E-state index contributed by atoms with van der Waals surface area (Å²) in [4.78, 5) is 46.1. The maximum absolute atomic E-state index is 12.2. The van der Waals surface area contributed by atoms with Gasteiger partial charge in [-0.15, -0.1) is 0 Å². The van der Waals surface area contributed by atoms with Crippen LogP contribution in [-0.4, -0.2) is 58.0 Å². The summed E-state index contributed by atoms with van der Waals surface area (Å²) in [6.45, 7) is 0.610. The van der Waals surface area contributed by atoms with Crippen molar-refractivity contribution >= 4 is 52.5 Å². The summed E-state index contributed by atoms with van der Waals surface area (Å²) in [7, 11) is 0. The minimum Gasteiger partial charge on any atom is -0.490 e. The van der Waals surface area contributed by atoms with E-state index in [0.717, 1.165) is 0 Å². The number of hydrogen-bond donors (Lipinski definition) is 2. The number of thioether (sulfide) groups is 1. The molecular weight excluding hydrogens is 402 g/mol. The number of imide groups is 1. The van der Waals surface area contributed by atoms with Crippen LogP contribution in [0.15, 0.2) is 17.0 Å². The monoisotopic (exact) mass is 415 g/mol. The molecule has 27 heavy (non-hydrogen) atoms. The van der Waals surface area contributed by atoms with Gasteiger partial charge in [0.05, 0.1) is 16.5 Å². The van der Waals surface area contributed by atoms with Gasteiger partial charge in [0.25, 0.3) is 11.1 Å². The summed E-state index contributed by atoms with van der Waals surface area (Å²) < 4.78 is 10.5. The van der Waals surface area contributed by atoms with Gasteiger partial charge in [0.1, 0.15) is 6.54 Å². The molecular formula is C16H14ClNO8S. The number of halogens is 1. The van der Waals surface area contributed by atoms with E-state index in [4.69, 9.17) is 31.3 Å². The van der Waals surface area contributed by atoms with Gasteiger partial charge >= 0.3 is 11.9 Å². The van der Waals surface area contributed by atoms with Crippen LogP contribution >= 0.6 is 23.4 Å². The molecule has 144 valence electrons. The van der Waals surface area contributed by atoms with Crippen molar-refractivity contribution in [1.29, 1.82) is 0 Å². The number of rotatable bonds is 8. The quantitative estimate of drug-likeness (QED) is 0.614. The smallest absolute Gasteiger partial charge is 0.341 e. The van der Waals surface area contributed by atoms with Crippen molar-refractivity contribution in [3.8, 4) is 11.5 Å². The van der Waals surface area contributed by atoms with E-state index in [2.05, 4.69) is 0 Å². The lowest BCUT2D eigenvalue weighted by atomic mass is 10.1. The summed E-state index contributed by atoms with van der Waals surface area (Å²) in [5.74, 6) is -3.02. The molecule has 9 nitrogen and oxygen atoms in total. The van der Waals surface area contributed by atoms with Crippen molar-refractivity contribution in [3.05, 3.63) is 27.6 Å². The molecule has 1 aliphatic rings. The largest absolute Gasteiger partial charge is 0.490 e. The van der Waals surface area contributed by atoms with Gasteiger partial charge in [-0.25, -0.2) is 4.79 Å². The molecule has 2 N–H and O–H groups in total. The molecule has 1 aliphatic heterocycles. The molecule has 2 amide bonds. The highest BCUT2D eigenvalue weighted by molar-refractivity contribution is 8.18. The molecule has 0 radical (unpaired) electrons. The first-order valence-electron chi connectivity index (χ1n) is 7.51. The van der Waals surface area contributed by atoms with Crippen molar-refractivity contribution in [2.75, 3.05) is 19.8 Å². The highest BCUT2D eigenvalue weighted by Crippen LogP contribution is 2.39. The molecule has 0 saturated carbocycles. The number of nitrogens with zero attached hydrogens (tertiary/aromatic N) is 1. The molecule has 0 atom stereocenters. The number of aliphatic carboxylic acids is 2. The van der Waals surface area contributed by atoms with E-state index in [-0.39, 0.29) is 28.0 Å². The van der Waals surface area contributed by atoms with E-state index in [1.54, 1.807) is 6.92 Å². The minimum absolute atomic E-state index is 0.0268. The Bertz CT molecular complexity index is 838. The second-order valence-corrected chi connectivity index (χ2v) is 6.51. The van der Waals surface area contributed by atoms with Crippen molar-refractivity contribution in [3.63, 3.8) is 0 Å². The van der Waals surface area contributed by atoms with Crippen molar-refractivity contribution in [2.24, 2.45) is 0 Å². The number of carboxylic acid groups (broad SMARTS) is 2. The summed E-state index contributed by atoms with van der Waals surface area (Å²) in [5, 5.41) is 16.9. The Morgan fingerprint density at radius 1 is 1.22 bits per heavy atom. The fourth-order valence-corrected chi connectivity index (χ4v) is 3.24. The molecule has 1 heterocycles. The molecule has 0 aromatic heterocycles. The van der Waals surface area contributed by atoms with Gasteiger partial charge in [0, 0.05) is 0 Å². The molecule has 0 spiro atoms. The second kappa shape index (κ2) is 8.78. The Hall–Kier alpha value is -2.72. The van der Waals surface area contributed by atoms with Gasteiger partial charge in [-0.1, -0.05) is 11.6 Å². The second-order valence-electron chi connectivity index (χ2n) is 5.11. The number of carbonyl (C=O) groups excluding carboxylic acids is 2. The van der Waals surface area contributed by atoms with Gasteiger partial charge in [-0.3, -0.25) is 19.3 Å². The average Bonchev–Trinajstić information content (AvgIpc) is 2.81. The summed E-state index contributed by atoms with van der Waals surface area (Å²) in [6, 6.07) is 2.88. The van der Waals surface area contributed by atoms with Crippen LogP contribution in [0.5, 0.6) is 11.5 Å². The number of hydrogen-bond acceptors (Lipinski definition) is 7. The van der Waals surface area contributed by atoms with Crippen LogP contribution in [-0.2, 0) is 14.4 Å². The third-order valence-electron chi connectivity index (χ3n) is 3.14. The number of benzene rings is 1. The lowest BCUT2D eigenvalue weighted by Crippen LogP contribution is -2.33. The van der Waals surface area contributed by atoms with E-state index in [0.29, 0.717) is 22.2 Å². The SMILES string of the molecule is CCOc1cc(/C=C2/SC(=O)N(CC(=O)O)C2=O)cc(Cl)c1OCC(=O)O. The molecule has 0 bridgehead atoms. The molecule has 1 fully saturated rings. The summed E-state index contributed by atoms with van der Waals surface area (Å²) in [6.07, 6.45) is 1.36. The topological polar surface area (TPSA) is 130 Å². The molecule has 1 aromatic carbocycles. The van der Waals surface area contributed by atoms with Crippen molar-refractivity contribution in [1.82, 2.24) is 4.90 Å². The van der Waals surface area contributed by atoms with E-state index in [9.17, 15) is 19.2 Å². The van der Waals surface area contributed by atoms with Crippen LogP contribution < -0.4 is 9.47 Å². The maximum atomic E-state index is 12.2. The normalized spacial score (nSPS) is 15.3. The van der Waals surface area contributed by atoms with Crippen LogP contribution in [0.2, 0.25) is 5.02 Å². The predicted octanol–water partition coefficient (Wildman–Crippen LogP) is 2.32. The number of carboxylic acids is 2. The minimum atomic E-state index is -1.31. The molecule has 0 unspecified atom stereocenters. The Morgan fingerprint density at radius 2 is 1.93 bits per heavy atom. The fourth-order valence-electron chi connectivity index (χ4n) is 2.13. The molecule has 2 rings (SSSR count).